The van der Waals surface area contributed by atoms with Gasteiger partial charge in [0.25, 0.3) is 0 Å². The second-order valence-electron chi connectivity index (χ2n) is 5.39. The molecule has 3 heterocycles. The fourth-order valence-electron chi connectivity index (χ4n) is 2.44. The second-order valence-corrected chi connectivity index (χ2v) is 5.39. The molecule has 0 bridgehead atoms. The SMILES string of the molecule is I.c1cc(CNC2=NCCCN2)c(OCC2CCOC2)cn1. The van der Waals surface area contributed by atoms with Crippen molar-refractivity contribution in [3.05, 3.63) is 24.0 Å². The van der Waals surface area contributed by atoms with Gasteiger partial charge in [-0.1, -0.05) is 0 Å². The number of pyridine rings is 1. The van der Waals surface area contributed by atoms with E-state index < -0.39 is 0 Å². The number of aliphatic imine (C=N–C) groups is 1. The lowest BCUT2D eigenvalue weighted by atomic mass is 10.1. The summed E-state index contributed by atoms with van der Waals surface area (Å²) in [7, 11) is 0. The van der Waals surface area contributed by atoms with Gasteiger partial charge < -0.3 is 20.1 Å². The van der Waals surface area contributed by atoms with Crippen LogP contribution in [0.25, 0.3) is 0 Å². The number of hydrogen-bond donors (Lipinski definition) is 2. The molecule has 6 nitrogen and oxygen atoms in total. The van der Waals surface area contributed by atoms with E-state index in [9.17, 15) is 0 Å². The summed E-state index contributed by atoms with van der Waals surface area (Å²) in [6.07, 6.45) is 5.74. The molecule has 1 saturated heterocycles. The molecule has 122 valence electrons. The Bertz CT molecular complexity index is 492. The van der Waals surface area contributed by atoms with Crippen LogP contribution >= 0.6 is 24.0 Å². The van der Waals surface area contributed by atoms with Crippen LogP contribution in [0.5, 0.6) is 5.75 Å². The Morgan fingerprint density at radius 3 is 3.18 bits per heavy atom. The molecular weight excluding hydrogens is 395 g/mol. The van der Waals surface area contributed by atoms with Gasteiger partial charge in [-0.3, -0.25) is 9.98 Å². The van der Waals surface area contributed by atoms with Crippen molar-refractivity contribution in [1.29, 1.82) is 0 Å². The highest BCUT2D eigenvalue weighted by Gasteiger charge is 2.17. The van der Waals surface area contributed by atoms with E-state index in [-0.39, 0.29) is 24.0 Å². The molecule has 3 rings (SSSR count). The van der Waals surface area contributed by atoms with E-state index >= 15 is 0 Å². The van der Waals surface area contributed by atoms with Crippen molar-refractivity contribution in [3.63, 3.8) is 0 Å². The lowest BCUT2D eigenvalue weighted by Gasteiger charge is -2.17. The van der Waals surface area contributed by atoms with Crippen LogP contribution in [0.15, 0.2) is 23.5 Å². The van der Waals surface area contributed by atoms with Crippen LogP contribution in [0.1, 0.15) is 18.4 Å². The van der Waals surface area contributed by atoms with Gasteiger partial charge in [0.15, 0.2) is 5.96 Å². The second kappa shape index (κ2) is 9.14. The van der Waals surface area contributed by atoms with E-state index in [1.54, 1.807) is 12.4 Å². The Morgan fingerprint density at radius 2 is 2.41 bits per heavy atom. The summed E-state index contributed by atoms with van der Waals surface area (Å²) in [4.78, 5) is 8.56. The van der Waals surface area contributed by atoms with E-state index in [0.717, 1.165) is 56.4 Å². The number of guanidine groups is 1. The highest BCUT2D eigenvalue weighted by Crippen LogP contribution is 2.19. The van der Waals surface area contributed by atoms with Crippen molar-refractivity contribution in [2.45, 2.75) is 19.4 Å². The molecule has 0 saturated carbocycles. The number of halogens is 1. The third-order valence-corrected chi connectivity index (χ3v) is 3.71. The van der Waals surface area contributed by atoms with Crippen LogP contribution in [0.3, 0.4) is 0 Å². The molecule has 0 aromatic carbocycles. The minimum absolute atomic E-state index is 0. The molecule has 1 fully saturated rings. The van der Waals surface area contributed by atoms with E-state index in [4.69, 9.17) is 9.47 Å². The molecular formula is C15H23IN4O2. The number of aromatic nitrogens is 1. The van der Waals surface area contributed by atoms with Gasteiger partial charge >= 0.3 is 0 Å². The molecule has 2 N–H and O–H groups in total. The monoisotopic (exact) mass is 418 g/mol. The van der Waals surface area contributed by atoms with E-state index in [1.165, 1.54) is 0 Å². The molecule has 1 atom stereocenters. The lowest BCUT2D eigenvalue weighted by Crippen LogP contribution is -2.40. The number of nitrogens with one attached hydrogen (secondary N) is 2. The molecule has 22 heavy (non-hydrogen) atoms. The Balaban J connectivity index is 0.00000176. The number of rotatable bonds is 5. The van der Waals surface area contributed by atoms with Gasteiger partial charge in [-0.15, -0.1) is 24.0 Å². The summed E-state index contributed by atoms with van der Waals surface area (Å²) in [6, 6.07) is 1.98. The first kappa shape index (κ1) is 17.3. The zero-order chi connectivity index (χ0) is 14.3. The predicted octanol–water partition coefficient (Wildman–Crippen LogP) is 1.55. The van der Waals surface area contributed by atoms with Crippen molar-refractivity contribution in [1.82, 2.24) is 15.6 Å². The van der Waals surface area contributed by atoms with Crippen LogP contribution in [0.4, 0.5) is 0 Å². The fourth-order valence-corrected chi connectivity index (χ4v) is 2.44. The first-order valence-electron chi connectivity index (χ1n) is 7.57. The topological polar surface area (TPSA) is 67.8 Å². The molecule has 0 spiro atoms. The molecule has 2 aliphatic rings. The van der Waals surface area contributed by atoms with Gasteiger partial charge in [0.05, 0.1) is 19.4 Å². The zero-order valence-corrected chi connectivity index (χ0v) is 14.9. The maximum atomic E-state index is 5.92. The number of ether oxygens (including phenoxy) is 2. The van der Waals surface area contributed by atoms with Crippen molar-refractivity contribution in [2.24, 2.45) is 10.9 Å². The predicted molar refractivity (Wildman–Crippen MR) is 95.8 cm³/mol. The third-order valence-electron chi connectivity index (χ3n) is 3.71. The van der Waals surface area contributed by atoms with Crippen LogP contribution in [-0.2, 0) is 11.3 Å². The first-order valence-corrected chi connectivity index (χ1v) is 7.57. The normalized spacial score (nSPS) is 20.5. The fraction of sp³-hybridized carbons (Fsp3) is 0.600. The average molecular weight is 418 g/mol. The summed E-state index contributed by atoms with van der Waals surface area (Å²) < 4.78 is 11.3. The highest BCUT2D eigenvalue weighted by atomic mass is 127. The zero-order valence-electron chi connectivity index (χ0n) is 12.6. The number of nitrogens with zero attached hydrogens (tertiary/aromatic N) is 2. The van der Waals surface area contributed by atoms with Crippen molar-refractivity contribution in [2.75, 3.05) is 32.9 Å². The highest BCUT2D eigenvalue weighted by molar-refractivity contribution is 14.0. The molecule has 7 heteroatoms. The maximum Gasteiger partial charge on any atom is 0.191 e. The van der Waals surface area contributed by atoms with Gasteiger partial charge in [0.1, 0.15) is 5.75 Å². The van der Waals surface area contributed by atoms with Crippen LogP contribution in [0.2, 0.25) is 0 Å². The molecule has 0 amide bonds. The minimum atomic E-state index is 0. The van der Waals surface area contributed by atoms with Crippen molar-refractivity contribution in [3.8, 4) is 5.75 Å². The molecule has 2 aliphatic heterocycles. The Labute approximate surface area is 148 Å². The standard InChI is InChI=1S/C15H22N4O2.HI/c1-4-17-15(18-5-1)19-8-13-2-6-16-9-14(13)21-11-12-3-7-20-10-12;/h2,6,9,12H,1,3-5,7-8,10-11H2,(H2,17,18,19);1H. The van der Waals surface area contributed by atoms with Gasteiger partial charge in [-0.25, -0.2) is 0 Å². The van der Waals surface area contributed by atoms with Gasteiger partial charge in [0.2, 0.25) is 0 Å². The lowest BCUT2D eigenvalue weighted by molar-refractivity contribution is 0.166. The van der Waals surface area contributed by atoms with E-state index in [0.29, 0.717) is 19.1 Å². The molecule has 1 unspecified atom stereocenters. The first-order chi connectivity index (χ1) is 10.4. The van der Waals surface area contributed by atoms with E-state index in [2.05, 4.69) is 20.6 Å². The Hall–Kier alpha value is -1.09. The summed E-state index contributed by atoms with van der Waals surface area (Å²) >= 11 is 0. The van der Waals surface area contributed by atoms with E-state index in [1.807, 2.05) is 6.07 Å². The third kappa shape index (κ3) is 4.98. The quantitative estimate of drug-likeness (QED) is 0.711. The Kier molecular flexibility index (Phi) is 7.17. The number of hydrogen-bond acceptors (Lipinski definition) is 6. The average Bonchev–Trinajstić information content (AvgIpc) is 3.06. The van der Waals surface area contributed by atoms with Gasteiger partial charge in [-0.05, 0) is 18.9 Å². The summed E-state index contributed by atoms with van der Waals surface area (Å²) in [5.41, 5.74) is 1.10. The summed E-state index contributed by atoms with van der Waals surface area (Å²) in [5, 5.41) is 6.56. The van der Waals surface area contributed by atoms with Crippen molar-refractivity contribution < 1.29 is 9.47 Å². The molecule has 0 radical (unpaired) electrons. The van der Waals surface area contributed by atoms with Crippen molar-refractivity contribution >= 4 is 29.9 Å². The molecule has 0 aliphatic carbocycles. The smallest absolute Gasteiger partial charge is 0.191 e. The summed E-state index contributed by atoms with van der Waals surface area (Å²) in [5.74, 6) is 2.21. The molecule has 1 aromatic rings. The van der Waals surface area contributed by atoms with Crippen LogP contribution in [-0.4, -0.2) is 43.9 Å². The maximum absolute atomic E-state index is 5.92. The minimum Gasteiger partial charge on any atom is -0.491 e. The molecule has 1 aromatic heterocycles. The van der Waals surface area contributed by atoms with Gasteiger partial charge in [-0.2, -0.15) is 0 Å². The van der Waals surface area contributed by atoms with Crippen LogP contribution < -0.4 is 15.4 Å². The largest absolute Gasteiger partial charge is 0.491 e. The van der Waals surface area contributed by atoms with Crippen LogP contribution in [0, 0.1) is 5.92 Å². The summed E-state index contributed by atoms with van der Waals surface area (Å²) in [6.45, 7) is 4.89. The Morgan fingerprint density at radius 1 is 1.45 bits per heavy atom. The van der Waals surface area contributed by atoms with Gasteiger partial charge in [0, 0.05) is 43.9 Å².